The first-order chi connectivity index (χ1) is 6.27. The smallest absolute Gasteiger partial charge is 0.248 e. The monoisotopic (exact) mass is 212 g/mol. The largest absolute Gasteiger partial charge is 0.382 e. The number of hydrogen-bond acceptors (Lipinski definition) is 3. The van der Waals surface area contributed by atoms with E-state index in [1.807, 2.05) is 6.08 Å². The van der Waals surface area contributed by atoms with Crippen LogP contribution in [0.2, 0.25) is 0 Å². The Bertz CT molecular complexity index is 390. The van der Waals surface area contributed by atoms with Gasteiger partial charge in [-0.1, -0.05) is 0 Å². The van der Waals surface area contributed by atoms with Gasteiger partial charge in [0, 0.05) is 17.3 Å². The van der Waals surface area contributed by atoms with Gasteiger partial charge in [0.15, 0.2) is 5.75 Å². The SMILES string of the molecule is Cl.NC(=O)c1ccc2c(c1)C=CNO2. The Labute approximate surface area is 87.1 Å². The van der Waals surface area contributed by atoms with Crippen LogP contribution in [0, 0.1) is 0 Å². The lowest BCUT2D eigenvalue weighted by molar-refractivity contribution is 0.1000. The number of primary amides is 1. The second-order valence-electron chi connectivity index (χ2n) is 2.67. The lowest BCUT2D eigenvalue weighted by atomic mass is 10.1. The third kappa shape index (κ3) is 1.80. The molecule has 3 N–H and O–H groups in total. The van der Waals surface area contributed by atoms with E-state index in [1.165, 1.54) is 0 Å². The van der Waals surface area contributed by atoms with Crippen molar-refractivity contribution in [2.75, 3.05) is 0 Å². The fourth-order valence-corrected chi connectivity index (χ4v) is 1.15. The molecular weight excluding hydrogens is 204 g/mol. The number of amides is 1. The van der Waals surface area contributed by atoms with Crippen LogP contribution in [-0.4, -0.2) is 5.91 Å². The molecule has 0 aromatic heterocycles. The normalized spacial score (nSPS) is 11.7. The third-order valence-corrected chi connectivity index (χ3v) is 1.79. The fourth-order valence-electron chi connectivity index (χ4n) is 1.15. The number of nitrogens with one attached hydrogen (secondary N) is 1. The van der Waals surface area contributed by atoms with Crippen molar-refractivity contribution in [1.29, 1.82) is 0 Å². The predicted octanol–water partition coefficient (Wildman–Crippen LogP) is 1.08. The number of rotatable bonds is 1. The molecule has 14 heavy (non-hydrogen) atoms. The molecule has 5 heteroatoms. The molecule has 0 aliphatic carbocycles. The van der Waals surface area contributed by atoms with Gasteiger partial charge < -0.3 is 10.6 Å². The lowest BCUT2D eigenvalue weighted by Gasteiger charge is -2.12. The van der Waals surface area contributed by atoms with Crippen molar-refractivity contribution in [2.24, 2.45) is 5.73 Å². The Morgan fingerprint density at radius 1 is 1.43 bits per heavy atom. The molecule has 0 fully saturated rings. The van der Waals surface area contributed by atoms with Gasteiger partial charge in [-0.05, 0) is 24.3 Å². The lowest BCUT2D eigenvalue weighted by Crippen LogP contribution is -2.16. The number of halogens is 1. The van der Waals surface area contributed by atoms with Crippen LogP contribution in [0.5, 0.6) is 5.75 Å². The first-order valence-corrected chi connectivity index (χ1v) is 3.80. The molecule has 0 spiro atoms. The van der Waals surface area contributed by atoms with E-state index in [9.17, 15) is 4.79 Å². The molecule has 1 amide bonds. The van der Waals surface area contributed by atoms with Crippen LogP contribution in [0.1, 0.15) is 15.9 Å². The molecule has 1 aliphatic heterocycles. The van der Waals surface area contributed by atoms with Gasteiger partial charge in [0.25, 0.3) is 0 Å². The molecule has 1 heterocycles. The number of hydroxylamine groups is 1. The summed E-state index contributed by atoms with van der Waals surface area (Å²) in [6, 6.07) is 5.02. The molecule has 0 saturated carbocycles. The highest BCUT2D eigenvalue weighted by Crippen LogP contribution is 2.22. The van der Waals surface area contributed by atoms with Crippen LogP contribution in [0.15, 0.2) is 24.4 Å². The van der Waals surface area contributed by atoms with Gasteiger partial charge in [0.1, 0.15) is 0 Å². The molecule has 0 bridgehead atoms. The van der Waals surface area contributed by atoms with Gasteiger partial charge in [0.2, 0.25) is 5.91 Å². The minimum absolute atomic E-state index is 0. The number of nitrogens with two attached hydrogens (primary N) is 1. The zero-order valence-corrected chi connectivity index (χ0v) is 8.01. The van der Waals surface area contributed by atoms with Crippen LogP contribution in [0.4, 0.5) is 0 Å². The Balaban J connectivity index is 0.000000980. The summed E-state index contributed by atoms with van der Waals surface area (Å²) in [5.41, 5.74) is 9.04. The maximum atomic E-state index is 10.8. The summed E-state index contributed by atoms with van der Waals surface area (Å²) in [5, 5.41) is 0. The van der Waals surface area contributed by atoms with E-state index in [2.05, 4.69) is 5.48 Å². The van der Waals surface area contributed by atoms with Crippen molar-refractivity contribution in [2.45, 2.75) is 0 Å². The van der Waals surface area contributed by atoms with Crippen LogP contribution < -0.4 is 16.1 Å². The molecule has 74 valence electrons. The molecule has 0 atom stereocenters. The van der Waals surface area contributed by atoms with Crippen LogP contribution in [0.25, 0.3) is 6.08 Å². The topological polar surface area (TPSA) is 64.4 Å². The van der Waals surface area contributed by atoms with E-state index >= 15 is 0 Å². The van der Waals surface area contributed by atoms with Gasteiger partial charge in [0.05, 0.1) is 0 Å². The van der Waals surface area contributed by atoms with Crippen molar-refractivity contribution in [3.8, 4) is 5.75 Å². The second-order valence-corrected chi connectivity index (χ2v) is 2.67. The van der Waals surface area contributed by atoms with Gasteiger partial charge in [-0.3, -0.25) is 4.79 Å². The Morgan fingerprint density at radius 3 is 2.93 bits per heavy atom. The highest BCUT2D eigenvalue weighted by Gasteiger charge is 2.08. The highest BCUT2D eigenvalue weighted by molar-refractivity contribution is 5.93. The van der Waals surface area contributed by atoms with E-state index in [4.69, 9.17) is 10.6 Å². The van der Waals surface area contributed by atoms with Crippen molar-refractivity contribution >= 4 is 24.4 Å². The van der Waals surface area contributed by atoms with Gasteiger partial charge in [-0.15, -0.1) is 12.4 Å². The molecule has 1 aromatic carbocycles. The van der Waals surface area contributed by atoms with Gasteiger partial charge in [-0.25, -0.2) is 5.48 Å². The van der Waals surface area contributed by atoms with Gasteiger partial charge >= 0.3 is 0 Å². The number of benzene rings is 1. The zero-order valence-electron chi connectivity index (χ0n) is 7.19. The third-order valence-electron chi connectivity index (χ3n) is 1.79. The number of hydrogen-bond donors (Lipinski definition) is 2. The summed E-state index contributed by atoms with van der Waals surface area (Å²) in [4.78, 5) is 15.9. The summed E-state index contributed by atoms with van der Waals surface area (Å²) >= 11 is 0. The highest BCUT2D eigenvalue weighted by atomic mass is 35.5. The molecule has 2 rings (SSSR count). The molecule has 1 aliphatic rings. The van der Waals surface area contributed by atoms with Crippen molar-refractivity contribution in [1.82, 2.24) is 5.48 Å². The van der Waals surface area contributed by atoms with E-state index < -0.39 is 5.91 Å². The molecule has 0 radical (unpaired) electrons. The average molecular weight is 213 g/mol. The summed E-state index contributed by atoms with van der Waals surface area (Å²) in [5.74, 6) is 0.252. The Morgan fingerprint density at radius 2 is 2.21 bits per heavy atom. The average Bonchev–Trinajstić information content (AvgIpc) is 2.17. The first-order valence-electron chi connectivity index (χ1n) is 3.80. The molecular formula is C9H9ClN2O2. The van der Waals surface area contributed by atoms with E-state index in [1.54, 1.807) is 24.4 Å². The summed E-state index contributed by atoms with van der Waals surface area (Å²) in [6.07, 6.45) is 3.46. The minimum Gasteiger partial charge on any atom is -0.382 e. The summed E-state index contributed by atoms with van der Waals surface area (Å²) in [7, 11) is 0. The number of carbonyl (C=O) groups is 1. The van der Waals surface area contributed by atoms with Crippen molar-refractivity contribution < 1.29 is 9.63 Å². The quantitative estimate of drug-likeness (QED) is 0.732. The standard InChI is InChI=1S/C9H8N2O2.ClH/c10-9(12)7-1-2-8-6(5-7)3-4-11-13-8;/h1-5,11H,(H2,10,12);1H. The Kier molecular flexibility index (Phi) is 2.99. The maximum absolute atomic E-state index is 10.8. The predicted molar refractivity (Wildman–Crippen MR) is 55.0 cm³/mol. The fraction of sp³-hybridized carbons (Fsp3) is 0. The molecule has 0 saturated heterocycles. The molecule has 1 aromatic rings. The van der Waals surface area contributed by atoms with Gasteiger partial charge in [-0.2, -0.15) is 0 Å². The van der Waals surface area contributed by atoms with Crippen molar-refractivity contribution in [3.05, 3.63) is 35.5 Å². The number of fused-ring (bicyclic) bond motifs is 1. The Hall–Kier alpha value is -1.68. The maximum Gasteiger partial charge on any atom is 0.248 e. The van der Waals surface area contributed by atoms with E-state index in [0.717, 1.165) is 5.56 Å². The summed E-state index contributed by atoms with van der Waals surface area (Å²) < 4.78 is 0. The van der Waals surface area contributed by atoms with E-state index in [-0.39, 0.29) is 12.4 Å². The minimum atomic E-state index is -0.435. The summed E-state index contributed by atoms with van der Waals surface area (Å²) in [6.45, 7) is 0. The zero-order chi connectivity index (χ0) is 9.26. The van der Waals surface area contributed by atoms with Crippen LogP contribution >= 0.6 is 12.4 Å². The second kappa shape index (κ2) is 4.02. The first kappa shape index (κ1) is 10.4. The van der Waals surface area contributed by atoms with Crippen LogP contribution in [-0.2, 0) is 0 Å². The van der Waals surface area contributed by atoms with Crippen LogP contribution in [0.3, 0.4) is 0 Å². The molecule has 4 nitrogen and oxygen atoms in total. The molecule has 0 unspecified atom stereocenters. The van der Waals surface area contributed by atoms with Crippen molar-refractivity contribution in [3.63, 3.8) is 0 Å². The number of carbonyl (C=O) groups excluding carboxylic acids is 1. The van der Waals surface area contributed by atoms with E-state index in [0.29, 0.717) is 11.3 Å².